The number of hydrogen-bond donors (Lipinski definition) is 2. The molecule has 0 aliphatic heterocycles. The Balaban J connectivity index is 3.01. The molecule has 0 unspecified atom stereocenters. The highest BCUT2D eigenvalue weighted by atomic mass is 16.5. The predicted octanol–water partition coefficient (Wildman–Crippen LogP) is 1.05. The van der Waals surface area contributed by atoms with Gasteiger partial charge in [0.15, 0.2) is 0 Å². The van der Waals surface area contributed by atoms with Gasteiger partial charge in [-0.1, -0.05) is 0 Å². The van der Waals surface area contributed by atoms with Crippen LogP contribution in [0.4, 0.5) is 5.69 Å². The summed E-state index contributed by atoms with van der Waals surface area (Å²) >= 11 is 0. The fourth-order valence-corrected chi connectivity index (χ4v) is 1.06. The summed E-state index contributed by atoms with van der Waals surface area (Å²) in [5.41, 5.74) is 4.14. The summed E-state index contributed by atoms with van der Waals surface area (Å²) in [7, 11) is 1.58. The minimum absolute atomic E-state index is 0.353. The molecule has 1 aromatic rings. The molecule has 1 rings (SSSR count). The average molecular weight is 177 g/mol. The molecule has 0 bridgehead atoms. The van der Waals surface area contributed by atoms with Crippen molar-refractivity contribution in [1.29, 1.82) is 5.26 Å². The highest BCUT2D eigenvalue weighted by molar-refractivity contribution is 5.50. The maximum atomic E-state index is 8.50. The van der Waals surface area contributed by atoms with Crippen LogP contribution in [-0.2, 0) is 6.42 Å². The topological polar surface area (TPSA) is 71.1 Å². The van der Waals surface area contributed by atoms with Crippen molar-refractivity contribution in [3.63, 3.8) is 0 Å². The van der Waals surface area contributed by atoms with Crippen LogP contribution in [0.3, 0.4) is 0 Å². The first-order chi connectivity index (χ1) is 6.30. The Bertz CT molecular complexity index is 308. The molecular weight excluding hydrogens is 166 g/mol. The molecule has 0 radical (unpaired) electrons. The van der Waals surface area contributed by atoms with Crippen LogP contribution in [0, 0.1) is 11.3 Å². The Morgan fingerprint density at radius 3 is 2.85 bits per heavy atom. The van der Waals surface area contributed by atoms with Gasteiger partial charge < -0.3 is 10.2 Å². The monoisotopic (exact) mass is 177 g/mol. The average Bonchev–Trinajstić information content (AvgIpc) is 2.17. The number of nitrogen functional groups attached to an aromatic ring is 1. The molecule has 4 nitrogen and oxygen atoms in total. The zero-order valence-electron chi connectivity index (χ0n) is 7.37. The van der Waals surface area contributed by atoms with Crippen molar-refractivity contribution in [2.75, 3.05) is 12.5 Å². The van der Waals surface area contributed by atoms with Crippen LogP contribution >= 0.6 is 0 Å². The summed E-state index contributed by atoms with van der Waals surface area (Å²) in [4.78, 5) is 0. The van der Waals surface area contributed by atoms with Gasteiger partial charge in [0.05, 0.1) is 25.3 Å². The normalized spacial score (nSPS) is 9.00. The van der Waals surface area contributed by atoms with Gasteiger partial charge in [0.25, 0.3) is 0 Å². The maximum absolute atomic E-state index is 8.50. The lowest BCUT2D eigenvalue weighted by atomic mass is 10.1. The third-order valence-corrected chi connectivity index (χ3v) is 1.65. The minimum Gasteiger partial charge on any atom is -0.497 e. The molecule has 0 heterocycles. The number of ether oxygens (including phenoxy) is 1. The van der Waals surface area contributed by atoms with Gasteiger partial charge in [-0.25, -0.2) is 0 Å². The van der Waals surface area contributed by atoms with E-state index >= 15 is 0 Å². The quantitative estimate of drug-likeness (QED) is 0.534. The van der Waals surface area contributed by atoms with Crippen molar-refractivity contribution in [3.05, 3.63) is 23.8 Å². The molecule has 0 spiro atoms. The zero-order valence-corrected chi connectivity index (χ0v) is 7.37. The molecule has 0 amide bonds. The Morgan fingerprint density at radius 1 is 1.54 bits per heavy atom. The number of nitriles is 1. The van der Waals surface area contributed by atoms with Crippen LogP contribution in [0.5, 0.6) is 5.75 Å². The number of nitrogens with zero attached hydrogens (tertiary/aromatic N) is 1. The molecule has 0 atom stereocenters. The van der Waals surface area contributed by atoms with E-state index in [0.717, 1.165) is 11.3 Å². The molecule has 0 saturated carbocycles. The van der Waals surface area contributed by atoms with E-state index in [-0.39, 0.29) is 0 Å². The van der Waals surface area contributed by atoms with Crippen molar-refractivity contribution in [3.8, 4) is 11.8 Å². The van der Waals surface area contributed by atoms with E-state index in [9.17, 15) is 0 Å². The van der Waals surface area contributed by atoms with Gasteiger partial charge in [-0.05, 0) is 17.7 Å². The van der Waals surface area contributed by atoms with Gasteiger partial charge in [-0.2, -0.15) is 5.26 Å². The molecular formula is C9H11N3O. The van der Waals surface area contributed by atoms with Crippen molar-refractivity contribution >= 4 is 5.69 Å². The largest absolute Gasteiger partial charge is 0.497 e. The van der Waals surface area contributed by atoms with Gasteiger partial charge in [0.2, 0.25) is 0 Å². The first kappa shape index (κ1) is 9.36. The lowest BCUT2D eigenvalue weighted by Gasteiger charge is -2.06. The number of benzene rings is 1. The summed E-state index contributed by atoms with van der Waals surface area (Å²) in [6, 6.07) is 7.45. The lowest BCUT2D eigenvalue weighted by molar-refractivity contribution is 0.414. The van der Waals surface area contributed by atoms with E-state index in [4.69, 9.17) is 15.8 Å². The van der Waals surface area contributed by atoms with E-state index in [0.29, 0.717) is 12.2 Å². The lowest BCUT2D eigenvalue weighted by Crippen LogP contribution is -2.07. The molecule has 3 N–H and O–H groups in total. The maximum Gasteiger partial charge on any atom is 0.121 e. The predicted molar refractivity (Wildman–Crippen MR) is 50.1 cm³/mol. The van der Waals surface area contributed by atoms with E-state index in [1.807, 2.05) is 12.1 Å². The summed E-state index contributed by atoms with van der Waals surface area (Å²) < 4.78 is 5.04. The summed E-state index contributed by atoms with van der Waals surface area (Å²) in [5.74, 6) is 5.95. The van der Waals surface area contributed by atoms with E-state index < -0.39 is 0 Å². The Morgan fingerprint density at radius 2 is 2.31 bits per heavy atom. The SMILES string of the molecule is COc1cc(CC#N)cc(NN)c1. The molecule has 0 aliphatic rings. The fourth-order valence-electron chi connectivity index (χ4n) is 1.06. The molecule has 1 aromatic carbocycles. The van der Waals surface area contributed by atoms with Gasteiger partial charge in [-0.3, -0.25) is 5.84 Å². The first-order valence-corrected chi connectivity index (χ1v) is 3.81. The zero-order chi connectivity index (χ0) is 9.68. The van der Waals surface area contributed by atoms with Gasteiger partial charge in [0.1, 0.15) is 5.75 Å². The van der Waals surface area contributed by atoms with Crippen LogP contribution in [0.1, 0.15) is 5.56 Å². The van der Waals surface area contributed by atoms with Crippen molar-refractivity contribution in [2.24, 2.45) is 5.84 Å². The Hall–Kier alpha value is -1.73. The number of nitrogens with two attached hydrogens (primary N) is 1. The Labute approximate surface area is 76.9 Å². The van der Waals surface area contributed by atoms with Crippen LogP contribution in [0.25, 0.3) is 0 Å². The molecule has 13 heavy (non-hydrogen) atoms. The number of hydrogen-bond acceptors (Lipinski definition) is 4. The van der Waals surface area contributed by atoms with E-state index in [1.165, 1.54) is 0 Å². The second-order valence-electron chi connectivity index (χ2n) is 2.55. The van der Waals surface area contributed by atoms with E-state index in [1.54, 1.807) is 13.2 Å². The van der Waals surface area contributed by atoms with E-state index in [2.05, 4.69) is 11.5 Å². The fraction of sp³-hybridized carbons (Fsp3) is 0.222. The van der Waals surface area contributed by atoms with Crippen LogP contribution in [-0.4, -0.2) is 7.11 Å². The minimum atomic E-state index is 0.353. The molecule has 0 aliphatic carbocycles. The molecule has 0 aromatic heterocycles. The standard InChI is InChI=1S/C9H11N3O/c1-13-9-5-7(2-3-10)4-8(6-9)12-11/h4-6,12H,2,11H2,1H3. The van der Waals surface area contributed by atoms with Crippen LogP contribution in [0.2, 0.25) is 0 Å². The van der Waals surface area contributed by atoms with Crippen molar-refractivity contribution < 1.29 is 4.74 Å². The number of methoxy groups -OCH3 is 1. The second-order valence-corrected chi connectivity index (χ2v) is 2.55. The number of nitrogens with one attached hydrogen (secondary N) is 1. The number of anilines is 1. The smallest absolute Gasteiger partial charge is 0.121 e. The molecule has 0 saturated heterocycles. The Kier molecular flexibility index (Phi) is 3.12. The highest BCUT2D eigenvalue weighted by Gasteiger charge is 1.99. The van der Waals surface area contributed by atoms with Crippen LogP contribution < -0.4 is 16.0 Å². The van der Waals surface area contributed by atoms with Gasteiger partial charge in [-0.15, -0.1) is 0 Å². The van der Waals surface area contributed by atoms with Crippen molar-refractivity contribution in [1.82, 2.24) is 0 Å². The number of rotatable bonds is 3. The first-order valence-electron chi connectivity index (χ1n) is 3.81. The third kappa shape index (κ3) is 2.36. The summed E-state index contributed by atoms with van der Waals surface area (Å²) in [5, 5.41) is 8.50. The third-order valence-electron chi connectivity index (χ3n) is 1.65. The second kappa shape index (κ2) is 4.33. The summed E-state index contributed by atoms with van der Waals surface area (Å²) in [6.45, 7) is 0. The van der Waals surface area contributed by atoms with Crippen LogP contribution in [0.15, 0.2) is 18.2 Å². The van der Waals surface area contributed by atoms with Crippen molar-refractivity contribution in [2.45, 2.75) is 6.42 Å². The number of hydrazine groups is 1. The van der Waals surface area contributed by atoms with Gasteiger partial charge >= 0.3 is 0 Å². The molecule has 68 valence electrons. The summed E-state index contributed by atoms with van der Waals surface area (Å²) in [6.07, 6.45) is 0.353. The van der Waals surface area contributed by atoms with Gasteiger partial charge in [0, 0.05) is 6.07 Å². The highest BCUT2D eigenvalue weighted by Crippen LogP contribution is 2.20. The molecule has 4 heteroatoms. The molecule has 0 fully saturated rings.